The molecule has 1 aliphatic heterocycles. The van der Waals surface area contributed by atoms with E-state index in [-0.39, 0.29) is 23.0 Å². The zero-order chi connectivity index (χ0) is 17.4. The van der Waals surface area contributed by atoms with Gasteiger partial charge in [0.15, 0.2) is 5.75 Å². The molecule has 5 heteroatoms. The Morgan fingerprint density at radius 3 is 2.30 bits per heavy atom. The van der Waals surface area contributed by atoms with Crippen LogP contribution in [0.15, 0.2) is 22.7 Å². The van der Waals surface area contributed by atoms with Gasteiger partial charge in [-0.25, -0.2) is 0 Å². The van der Waals surface area contributed by atoms with Gasteiger partial charge < -0.3 is 10.2 Å². The molecule has 0 aromatic heterocycles. The molecule has 1 amide bonds. The summed E-state index contributed by atoms with van der Waals surface area (Å²) in [6, 6.07) is 6.26. The van der Waals surface area contributed by atoms with Gasteiger partial charge in [-0.15, -0.1) is 5.06 Å². The SMILES string of the molecule is CC(=O)NC1CC(C)(C)N(Oc2ccc(C)cc2Br)C(C)(C)C1. The molecule has 1 fully saturated rings. The molecule has 0 unspecified atom stereocenters. The van der Waals surface area contributed by atoms with Crippen molar-refractivity contribution in [3.8, 4) is 5.75 Å². The number of rotatable bonds is 3. The number of benzene rings is 1. The number of amides is 1. The maximum atomic E-state index is 11.4. The fourth-order valence-corrected chi connectivity index (χ4v) is 4.24. The lowest BCUT2D eigenvalue weighted by Gasteiger charge is -2.53. The molecule has 2 rings (SSSR count). The van der Waals surface area contributed by atoms with Crippen molar-refractivity contribution in [1.82, 2.24) is 10.4 Å². The molecule has 128 valence electrons. The molecule has 1 aromatic carbocycles. The minimum atomic E-state index is -0.195. The number of hydrogen-bond donors (Lipinski definition) is 1. The lowest BCUT2D eigenvalue weighted by atomic mass is 9.79. The molecule has 23 heavy (non-hydrogen) atoms. The highest BCUT2D eigenvalue weighted by atomic mass is 79.9. The van der Waals surface area contributed by atoms with Gasteiger partial charge in [0.25, 0.3) is 0 Å². The van der Waals surface area contributed by atoms with Crippen LogP contribution in [0.25, 0.3) is 0 Å². The van der Waals surface area contributed by atoms with E-state index in [0.717, 1.165) is 23.1 Å². The minimum Gasteiger partial charge on any atom is -0.404 e. The predicted molar refractivity (Wildman–Crippen MR) is 96.3 cm³/mol. The number of carbonyl (C=O) groups excluding carboxylic acids is 1. The molecule has 0 bridgehead atoms. The topological polar surface area (TPSA) is 41.6 Å². The van der Waals surface area contributed by atoms with Crippen molar-refractivity contribution in [3.63, 3.8) is 0 Å². The summed E-state index contributed by atoms with van der Waals surface area (Å²) in [5.41, 5.74) is 0.797. The van der Waals surface area contributed by atoms with Gasteiger partial charge in [-0.05, 0) is 81.1 Å². The standard InChI is InChI=1S/C18H27BrN2O2/c1-12-7-8-16(15(19)9-12)23-21-17(3,4)10-14(20-13(2)22)11-18(21,5)6/h7-9,14H,10-11H2,1-6H3,(H,20,22). The number of hydrogen-bond acceptors (Lipinski definition) is 3. The maximum Gasteiger partial charge on any atom is 0.217 e. The molecule has 0 saturated carbocycles. The quantitative estimate of drug-likeness (QED) is 0.850. The molecule has 0 aliphatic carbocycles. The first-order chi connectivity index (χ1) is 10.5. The summed E-state index contributed by atoms with van der Waals surface area (Å²) in [4.78, 5) is 17.7. The molecule has 1 aromatic rings. The van der Waals surface area contributed by atoms with Gasteiger partial charge in [-0.1, -0.05) is 6.07 Å². The van der Waals surface area contributed by atoms with Gasteiger partial charge in [0.1, 0.15) is 0 Å². The van der Waals surface area contributed by atoms with Crippen LogP contribution >= 0.6 is 15.9 Å². The number of hydroxylamine groups is 2. The molecule has 0 spiro atoms. The summed E-state index contributed by atoms with van der Waals surface area (Å²) < 4.78 is 0.952. The Morgan fingerprint density at radius 2 is 1.83 bits per heavy atom. The van der Waals surface area contributed by atoms with Crippen LogP contribution in [0.1, 0.15) is 53.0 Å². The Hall–Kier alpha value is -1.07. The molecule has 1 saturated heterocycles. The first-order valence-corrected chi connectivity index (χ1v) is 8.82. The van der Waals surface area contributed by atoms with Crippen molar-refractivity contribution in [3.05, 3.63) is 28.2 Å². The van der Waals surface area contributed by atoms with Gasteiger partial charge in [0.2, 0.25) is 5.91 Å². The largest absolute Gasteiger partial charge is 0.404 e. The second-order valence-electron chi connectivity index (χ2n) is 7.75. The van der Waals surface area contributed by atoms with Crippen LogP contribution in [-0.2, 0) is 4.79 Å². The number of carbonyl (C=O) groups is 1. The Labute approximate surface area is 147 Å². The van der Waals surface area contributed by atoms with Gasteiger partial charge in [0, 0.05) is 13.0 Å². The zero-order valence-corrected chi connectivity index (χ0v) is 16.5. The van der Waals surface area contributed by atoms with Crippen LogP contribution in [0, 0.1) is 6.92 Å². The van der Waals surface area contributed by atoms with E-state index in [0.29, 0.717) is 0 Å². The van der Waals surface area contributed by atoms with Crippen molar-refractivity contribution in [2.75, 3.05) is 0 Å². The van der Waals surface area contributed by atoms with E-state index in [4.69, 9.17) is 4.84 Å². The first kappa shape index (κ1) is 18.3. The number of piperidine rings is 1. The van der Waals surface area contributed by atoms with E-state index in [1.807, 2.05) is 12.1 Å². The number of nitrogens with zero attached hydrogens (tertiary/aromatic N) is 1. The first-order valence-electron chi connectivity index (χ1n) is 8.03. The maximum absolute atomic E-state index is 11.4. The number of nitrogens with one attached hydrogen (secondary N) is 1. The Balaban J connectivity index is 2.25. The molecule has 0 radical (unpaired) electrons. The van der Waals surface area contributed by atoms with Crippen LogP contribution in [0.4, 0.5) is 0 Å². The summed E-state index contributed by atoms with van der Waals surface area (Å²) in [5, 5.41) is 5.14. The van der Waals surface area contributed by atoms with Crippen molar-refractivity contribution in [1.29, 1.82) is 0 Å². The summed E-state index contributed by atoms with van der Waals surface area (Å²) in [5.74, 6) is 0.840. The number of halogens is 1. The van der Waals surface area contributed by atoms with Crippen LogP contribution in [0.5, 0.6) is 5.75 Å². The summed E-state index contributed by atoms with van der Waals surface area (Å²) >= 11 is 3.58. The normalized spacial score (nSPS) is 21.0. The van der Waals surface area contributed by atoms with Crippen LogP contribution in [-0.4, -0.2) is 28.1 Å². The van der Waals surface area contributed by atoms with Gasteiger partial charge in [-0.2, -0.15) is 0 Å². The van der Waals surface area contributed by atoms with E-state index in [9.17, 15) is 4.79 Å². The highest BCUT2D eigenvalue weighted by Gasteiger charge is 2.47. The smallest absolute Gasteiger partial charge is 0.217 e. The predicted octanol–water partition coefficient (Wildman–Crippen LogP) is 4.21. The third-order valence-electron chi connectivity index (χ3n) is 4.28. The lowest BCUT2D eigenvalue weighted by molar-refractivity contribution is -0.222. The van der Waals surface area contributed by atoms with Crippen molar-refractivity contribution in [2.45, 2.75) is 71.5 Å². The van der Waals surface area contributed by atoms with E-state index < -0.39 is 0 Å². The van der Waals surface area contributed by atoms with Gasteiger partial charge >= 0.3 is 0 Å². The highest BCUT2D eigenvalue weighted by Crippen LogP contribution is 2.40. The second kappa shape index (κ2) is 6.44. The Morgan fingerprint density at radius 1 is 1.26 bits per heavy atom. The van der Waals surface area contributed by atoms with E-state index in [1.54, 1.807) is 6.92 Å². The van der Waals surface area contributed by atoms with E-state index >= 15 is 0 Å². The summed E-state index contributed by atoms with van der Waals surface area (Å²) in [6.45, 7) is 12.3. The van der Waals surface area contributed by atoms with Crippen LogP contribution < -0.4 is 10.2 Å². The van der Waals surface area contributed by atoms with E-state index in [1.165, 1.54) is 5.56 Å². The van der Waals surface area contributed by atoms with Crippen molar-refractivity contribution >= 4 is 21.8 Å². The van der Waals surface area contributed by atoms with Crippen molar-refractivity contribution < 1.29 is 9.63 Å². The Kier molecular flexibility index (Phi) is 5.12. The molecule has 1 heterocycles. The third kappa shape index (κ3) is 4.27. The summed E-state index contributed by atoms with van der Waals surface area (Å²) in [6.07, 6.45) is 1.69. The van der Waals surface area contributed by atoms with Crippen LogP contribution in [0.3, 0.4) is 0 Å². The van der Waals surface area contributed by atoms with Crippen LogP contribution in [0.2, 0.25) is 0 Å². The third-order valence-corrected chi connectivity index (χ3v) is 4.90. The molecular weight excluding hydrogens is 356 g/mol. The minimum absolute atomic E-state index is 0.0252. The molecule has 1 aliphatic rings. The zero-order valence-electron chi connectivity index (χ0n) is 14.9. The Bertz CT molecular complexity index is 581. The summed E-state index contributed by atoms with van der Waals surface area (Å²) in [7, 11) is 0. The second-order valence-corrected chi connectivity index (χ2v) is 8.60. The fraction of sp³-hybridized carbons (Fsp3) is 0.611. The van der Waals surface area contributed by atoms with E-state index in [2.05, 4.69) is 67.0 Å². The monoisotopic (exact) mass is 382 g/mol. The average molecular weight is 383 g/mol. The average Bonchev–Trinajstić information content (AvgIpc) is 2.33. The molecule has 4 nitrogen and oxygen atoms in total. The number of aryl methyl sites for hydroxylation is 1. The molecular formula is C18H27BrN2O2. The fourth-order valence-electron chi connectivity index (χ4n) is 3.68. The van der Waals surface area contributed by atoms with Crippen molar-refractivity contribution in [2.24, 2.45) is 0 Å². The molecule has 0 atom stereocenters. The highest BCUT2D eigenvalue weighted by molar-refractivity contribution is 9.10. The molecule has 1 N–H and O–H groups in total. The lowest BCUT2D eigenvalue weighted by Crippen LogP contribution is -2.65. The van der Waals surface area contributed by atoms with Gasteiger partial charge in [-0.3, -0.25) is 4.79 Å². The van der Waals surface area contributed by atoms with Gasteiger partial charge in [0.05, 0.1) is 15.6 Å².